The van der Waals surface area contributed by atoms with Crippen molar-refractivity contribution in [2.24, 2.45) is 0 Å². The summed E-state index contributed by atoms with van der Waals surface area (Å²) in [6, 6.07) is 16.5. The molecule has 1 aromatic heterocycles. The number of fused-ring (bicyclic) bond motifs is 1. The van der Waals surface area contributed by atoms with Crippen LogP contribution in [0.1, 0.15) is 26.3 Å². The normalized spacial score (nSPS) is 13.2. The third kappa shape index (κ3) is 3.67. The monoisotopic (exact) mass is 437 g/mol. The van der Waals surface area contributed by atoms with Crippen LogP contribution >= 0.6 is 27.3 Å². The first-order valence-electron chi connectivity index (χ1n) is 7.91. The molecule has 0 spiro atoms. The number of thiophene rings is 1. The van der Waals surface area contributed by atoms with Gasteiger partial charge in [-0.3, -0.25) is 8.86 Å². The molecule has 2 aromatic carbocycles. The number of alkyl halides is 1. The fraction of sp³-hybridized carbons (Fsp3) is 0.263. The minimum Gasteiger partial charge on any atom is -0.289 e. The number of hydrogen-bond acceptors (Lipinski definition) is 2. The molecule has 0 saturated heterocycles. The Labute approximate surface area is 163 Å². The second-order valence-corrected chi connectivity index (χ2v) is 9.22. The Kier molecular flexibility index (Phi) is 5.34. The average molecular weight is 438 g/mol. The smallest absolute Gasteiger partial charge is 0.263 e. The molecule has 1 atom stereocenters. The highest BCUT2D eigenvalue weighted by molar-refractivity contribution is 9.08. The number of anilines is 1. The van der Waals surface area contributed by atoms with E-state index >= 15 is 0 Å². The van der Waals surface area contributed by atoms with E-state index < -0.39 is 16.8 Å². The van der Waals surface area contributed by atoms with Crippen LogP contribution < -0.4 is 4.31 Å². The molecule has 0 amide bonds. The molecule has 1 unspecified atom stereocenters. The van der Waals surface area contributed by atoms with Crippen molar-refractivity contribution in [3.63, 3.8) is 0 Å². The van der Waals surface area contributed by atoms with Crippen molar-refractivity contribution in [3.8, 4) is 11.1 Å². The van der Waals surface area contributed by atoms with Crippen LogP contribution in [-0.2, 0) is 16.6 Å². The summed E-state index contributed by atoms with van der Waals surface area (Å²) in [5.74, 6) is 0. The Bertz CT molecular complexity index is 913. The summed E-state index contributed by atoms with van der Waals surface area (Å²) in [4.78, 5) is 0. The summed E-state index contributed by atoms with van der Waals surface area (Å²) >= 11 is 2.93. The van der Waals surface area contributed by atoms with Gasteiger partial charge in [-0.05, 0) is 38.0 Å². The lowest BCUT2D eigenvalue weighted by Gasteiger charge is -2.33. The van der Waals surface area contributed by atoms with Gasteiger partial charge in [0.1, 0.15) is 5.00 Å². The maximum absolute atomic E-state index is 12.1. The van der Waals surface area contributed by atoms with Gasteiger partial charge in [-0.15, -0.1) is 11.3 Å². The molecule has 0 radical (unpaired) electrons. The maximum atomic E-state index is 12.1. The van der Waals surface area contributed by atoms with Gasteiger partial charge in [0, 0.05) is 26.5 Å². The quantitative estimate of drug-likeness (QED) is 0.389. The van der Waals surface area contributed by atoms with Crippen molar-refractivity contribution in [3.05, 3.63) is 54.1 Å². The second-order valence-electron chi connectivity index (χ2n) is 6.80. The van der Waals surface area contributed by atoms with E-state index in [2.05, 4.69) is 52.3 Å². The minimum absolute atomic E-state index is 0.481. The Morgan fingerprint density at radius 1 is 1.12 bits per heavy atom. The summed E-state index contributed by atoms with van der Waals surface area (Å²) < 4.78 is 24.8. The third-order valence-electron chi connectivity index (χ3n) is 3.92. The molecule has 0 bridgehead atoms. The number of hydrogen-bond donors (Lipinski definition) is 1. The highest BCUT2D eigenvalue weighted by Gasteiger charge is 2.31. The van der Waals surface area contributed by atoms with E-state index in [0.29, 0.717) is 0 Å². The number of nitrogens with zero attached hydrogens (tertiary/aromatic N) is 1. The first-order valence-corrected chi connectivity index (χ1v) is 10.9. The molecular weight excluding hydrogens is 418 g/mol. The van der Waals surface area contributed by atoms with E-state index in [0.717, 1.165) is 31.5 Å². The van der Waals surface area contributed by atoms with Gasteiger partial charge >= 0.3 is 0 Å². The lowest BCUT2D eigenvalue weighted by molar-refractivity contribution is 0.516. The van der Waals surface area contributed by atoms with Crippen molar-refractivity contribution in [2.45, 2.75) is 31.6 Å². The van der Waals surface area contributed by atoms with Crippen LogP contribution in [0, 0.1) is 0 Å². The van der Waals surface area contributed by atoms with E-state index in [4.69, 9.17) is 0 Å². The van der Waals surface area contributed by atoms with Gasteiger partial charge < -0.3 is 0 Å². The van der Waals surface area contributed by atoms with Gasteiger partial charge in [0.15, 0.2) is 0 Å². The SMILES string of the molecule is CC(C)(C)N(c1sc2ccccc2c1-c1ccc(CBr)cc1)S(=O)O. The Morgan fingerprint density at radius 2 is 1.76 bits per heavy atom. The largest absolute Gasteiger partial charge is 0.289 e. The lowest BCUT2D eigenvalue weighted by atomic mass is 10.0. The zero-order valence-electron chi connectivity index (χ0n) is 14.3. The molecule has 0 aliphatic carbocycles. The highest BCUT2D eigenvalue weighted by Crippen LogP contribution is 2.47. The molecule has 3 aromatic rings. The number of benzene rings is 2. The zero-order valence-corrected chi connectivity index (χ0v) is 17.5. The van der Waals surface area contributed by atoms with Gasteiger partial charge in [-0.2, -0.15) is 0 Å². The second kappa shape index (κ2) is 7.19. The standard InChI is InChI=1S/C19H20BrNO2S2/c1-19(2,3)21(25(22)23)18-17(14-10-8-13(12-20)9-11-14)15-6-4-5-7-16(15)24-18/h4-11H,12H2,1-3H3,(H,22,23). The molecule has 3 nitrogen and oxygen atoms in total. The first-order chi connectivity index (χ1) is 11.8. The van der Waals surface area contributed by atoms with Crippen molar-refractivity contribution in [1.82, 2.24) is 0 Å². The van der Waals surface area contributed by atoms with Crippen LogP contribution in [-0.4, -0.2) is 14.3 Å². The van der Waals surface area contributed by atoms with E-state index in [9.17, 15) is 8.76 Å². The van der Waals surface area contributed by atoms with Crippen molar-refractivity contribution in [2.75, 3.05) is 4.31 Å². The lowest BCUT2D eigenvalue weighted by Crippen LogP contribution is -2.42. The average Bonchev–Trinajstić information content (AvgIpc) is 2.91. The van der Waals surface area contributed by atoms with E-state index in [-0.39, 0.29) is 0 Å². The van der Waals surface area contributed by atoms with Crippen LogP contribution in [0.5, 0.6) is 0 Å². The fourth-order valence-corrected chi connectivity index (χ4v) is 5.53. The fourth-order valence-electron chi connectivity index (χ4n) is 2.82. The number of rotatable bonds is 4. The maximum Gasteiger partial charge on any atom is 0.263 e. The molecule has 0 aliphatic rings. The van der Waals surface area contributed by atoms with Crippen molar-refractivity contribution >= 4 is 53.6 Å². The van der Waals surface area contributed by atoms with Crippen molar-refractivity contribution < 1.29 is 8.76 Å². The molecule has 1 N–H and O–H groups in total. The van der Waals surface area contributed by atoms with Crippen LogP contribution in [0.15, 0.2) is 48.5 Å². The Balaban J connectivity index is 2.29. The molecule has 25 heavy (non-hydrogen) atoms. The topological polar surface area (TPSA) is 40.5 Å². The molecular formula is C19H20BrNO2S2. The summed E-state index contributed by atoms with van der Waals surface area (Å²) in [5.41, 5.74) is 2.78. The predicted molar refractivity (Wildman–Crippen MR) is 113 cm³/mol. The third-order valence-corrected chi connectivity index (χ3v) is 6.89. The van der Waals surface area contributed by atoms with E-state index in [1.807, 2.05) is 32.9 Å². The van der Waals surface area contributed by atoms with Crippen LogP contribution in [0.4, 0.5) is 5.00 Å². The van der Waals surface area contributed by atoms with Crippen LogP contribution in [0.25, 0.3) is 21.2 Å². The van der Waals surface area contributed by atoms with Crippen LogP contribution in [0.3, 0.4) is 0 Å². The molecule has 1 heterocycles. The minimum atomic E-state index is -2.10. The zero-order chi connectivity index (χ0) is 18.2. The van der Waals surface area contributed by atoms with Crippen molar-refractivity contribution in [1.29, 1.82) is 0 Å². The highest BCUT2D eigenvalue weighted by atomic mass is 79.9. The molecule has 0 aliphatic heterocycles. The predicted octanol–water partition coefficient (Wildman–Crippen LogP) is 6.20. The molecule has 132 valence electrons. The summed E-state index contributed by atoms with van der Waals surface area (Å²) in [7, 11) is 0. The Morgan fingerprint density at radius 3 is 2.32 bits per heavy atom. The molecule has 6 heteroatoms. The summed E-state index contributed by atoms with van der Waals surface area (Å²) in [6.45, 7) is 5.84. The summed E-state index contributed by atoms with van der Waals surface area (Å²) in [6.07, 6.45) is 0. The molecule has 0 saturated carbocycles. The van der Waals surface area contributed by atoms with E-state index in [1.54, 1.807) is 15.6 Å². The van der Waals surface area contributed by atoms with Crippen LogP contribution in [0.2, 0.25) is 0 Å². The summed E-state index contributed by atoms with van der Waals surface area (Å²) in [5, 5.41) is 2.73. The van der Waals surface area contributed by atoms with Gasteiger partial charge in [-0.1, -0.05) is 58.4 Å². The first kappa shape index (κ1) is 18.6. The van der Waals surface area contributed by atoms with Gasteiger partial charge in [0.25, 0.3) is 11.3 Å². The molecule has 0 fully saturated rings. The molecule has 3 rings (SSSR count). The van der Waals surface area contributed by atoms with Gasteiger partial charge in [-0.25, -0.2) is 4.21 Å². The Hall–Kier alpha value is -1.21. The van der Waals surface area contributed by atoms with Gasteiger partial charge in [0.2, 0.25) is 0 Å². The van der Waals surface area contributed by atoms with Gasteiger partial charge in [0.05, 0.1) is 0 Å². The van der Waals surface area contributed by atoms with E-state index in [1.165, 1.54) is 5.56 Å². The number of halogens is 1.